The van der Waals surface area contributed by atoms with Gasteiger partial charge < -0.3 is 9.64 Å². The summed E-state index contributed by atoms with van der Waals surface area (Å²) in [7, 11) is 0. The minimum atomic E-state index is -0.646. The fourth-order valence-electron chi connectivity index (χ4n) is 3.78. The Morgan fingerprint density at radius 3 is 2.50 bits per heavy atom. The number of benzene rings is 3. The molecule has 0 radical (unpaired) electrons. The number of nitro groups is 1. The third kappa shape index (κ3) is 4.38. The summed E-state index contributed by atoms with van der Waals surface area (Å²) in [5.41, 5.74) is 0.931. The first kappa shape index (κ1) is 23.1. The van der Waals surface area contributed by atoms with Crippen molar-refractivity contribution < 1.29 is 14.5 Å². The van der Waals surface area contributed by atoms with Crippen molar-refractivity contribution in [3.8, 4) is 23.6 Å². The summed E-state index contributed by atoms with van der Waals surface area (Å²) in [6.45, 7) is 0.276. The van der Waals surface area contributed by atoms with Crippen LogP contribution < -0.4 is 9.64 Å². The molecule has 0 spiro atoms. The van der Waals surface area contributed by atoms with Crippen LogP contribution in [0.15, 0.2) is 54.6 Å². The van der Waals surface area contributed by atoms with Gasteiger partial charge in [-0.3, -0.25) is 14.9 Å². The molecule has 0 bridgehead atoms. The molecule has 1 atom stereocenters. The molecule has 34 heavy (non-hydrogen) atoms. The standard InChI is InChI=1S/C24H14Cl2N4O4/c25-19-7-5-14(8-22(19)34-24-16(12-28)2-1-3-20(24)26)17-9-23(31)29(13-17)18-6-4-15(11-27)21(10-18)30(32)33/h1-8,10,17H,9,13H2. The number of ether oxygens (including phenoxy) is 1. The second-order valence-corrected chi connectivity index (χ2v) is 8.31. The summed E-state index contributed by atoms with van der Waals surface area (Å²) in [6, 6.07) is 17.8. The Bertz CT molecular complexity index is 1410. The lowest BCUT2D eigenvalue weighted by Crippen LogP contribution is -2.24. The maximum absolute atomic E-state index is 12.7. The number of carbonyl (C=O) groups excluding carboxylic acids is 1. The number of nitrogens with zero attached hydrogens (tertiary/aromatic N) is 4. The number of rotatable bonds is 5. The first-order valence-corrected chi connectivity index (χ1v) is 10.7. The third-order valence-corrected chi connectivity index (χ3v) is 6.07. The summed E-state index contributed by atoms with van der Waals surface area (Å²) in [5.74, 6) is 0.0196. The van der Waals surface area contributed by atoms with Crippen molar-refractivity contribution >= 4 is 40.5 Å². The fraction of sp³-hybridized carbons (Fsp3) is 0.125. The average molecular weight is 493 g/mol. The lowest BCUT2D eigenvalue weighted by atomic mass is 9.98. The van der Waals surface area contributed by atoms with E-state index in [1.54, 1.807) is 42.5 Å². The van der Waals surface area contributed by atoms with Gasteiger partial charge in [0.25, 0.3) is 5.69 Å². The van der Waals surface area contributed by atoms with Crippen LogP contribution in [-0.4, -0.2) is 17.4 Å². The Kier molecular flexibility index (Phi) is 6.38. The topological polar surface area (TPSA) is 120 Å². The summed E-state index contributed by atoms with van der Waals surface area (Å²) in [6.07, 6.45) is 0.171. The molecule has 3 aromatic rings. The second kappa shape index (κ2) is 9.40. The van der Waals surface area contributed by atoms with E-state index in [4.69, 9.17) is 33.2 Å². The zero-order chi connectivity index (χ0) is 24.4. The molecule has 10 heteroatoms. The fourth-order valence-corrected chi connectivity index (χ4v) is 4.15. The molecule has 4 rings (SSSR count). The highest BCUT2D eigenvalue weighted by Gasteiger charge is 2.33. The van der Waals surface area contributed by atoms with Crippen molar-refractivity contribution in [2.24, 2.45) is 0 Å². The van der Waals surface area contributed by atoms with Crippen LogP contribution in [0.2, 0.25) is 10.0 Å². The Balaban J connectivity index is 1.62. The van der Waals surface area contributed by atoms with Gasteiger partial charge in [0, 0.05) is 24.9 Å². The maximum atomic E-state index is 12.7. The van der Waals surface area contributed by atoms with Gasteiger partial charge in [-0.1, -0.05) is 35.3 Å². The van der Waals surface area contributed by atoms with Crippen LogP contribution >= 0.6 is 23.2 Å². The maximum Gasteiger partial charge on any atom is 0.289 e. The summed E-state index contributed by atoms with van der Waals surface area (Å²) in [4.78, 5) is 24.9. The van der Waals surface area contributed by atoms with Crippen LogP contribution in [-0.2, 0) is 4.79 Å². The molecule has 0 aromatic heterocycles. The molecule has 1 fully saturated rings. The minimum Gasteiger partial charge on any atom is -0.453 e. The molecule has 0 aliphatic carbocycles. The molecular formula is C24H14Cl2N4O4. The molecule has 168 valence electrons. The highest BCUT2D eigenvalue weighted by atomic mass is 35.5. The zero-order valence-electron chi connectivity index (χ0n) is 17.4. The van der Waals surface area contributed by atoms with Crippen LogP contribution in [0.3, 0.4) is 0 Å². The number of carbonyl (C=O) groups is 1. The largest absolute Gasteiger partial charge is 0.453 e. The highest BCUT2D eigenvalue weighted by Crippen LogP contribution is 2.40. The van der Waals surface area contributed by atoms with Crippen molar-refractivity contribution in [3.63, 3.8) is 0 Å². The first-order valence-electron chi connectivity index (χ1n) is 9.97. The van der Waals surface area contributed by atoms with Gasteiger partial charge in [0.2, 0.25) is 5.91 Å². The van der Waals surface area contributed by atoms with E-state index in [0.29, 0.717) is 10.7 Å². The second-order valence-electron chi connectivity index (χ2n) is 7.50. The summed E-state index contributed by atoms with van der Waals surface area (Å²) >= 11 is 12.5. The number of hydrogen-bond acceptors (Lipinski definition) is 6. The molecule has 1 heterocycles. The van der Waals surface area contributed by atoms with Gasteiger partial charge in [-0.05, 0) is 42.0 Å². The summed E-state index contributed by atoms with van der Waals surface area (Å²) in [5, 5.41) is 30.3. The molecule has 1 amide bonds. The van der Waals surface area contributed by atoms with Crippen LogP contribution in [0.1, 0.15) is 29.0 Å². The monoisotopic (exact) mass is 492 g/mol. The van der Waals surface area contributed by atoms with E-state index < -0.39 is 4.92 Å². The van der Waals surface area contributed by atoms with E-state index in [2.05, 4.69) is 0 Å². The summed E-state index contributed by atoms with van der Waals surface area (Å²) < 4.78 is 5.88. The predicted molar refractivity (Wildman–Crippen MR) is 125 cm³/mol. The van der Waals surface area contributed by atoms with Gasteiger partial charge in [0.05, 0.1) is 26.2 Å². The molecule has 0 N–H and O–H groups in total. The lowest BCUT2D eigenvalue weighted by Gasteiger charge is -2.18. The van der Waals surface area contributed by atoms with E-state index >= 15 is 0 Å². The van der Waals surface area contributed by atoms with E-state index in [1.807, 2.05) is 6.07 Å². The van der Waals surface area contributed by atoms with Crippen LogP contribution in [0, 0.1) is 32.8 Å². The predicted octanol–water partition coefficient (Wildman–Crippen LogP) is 5.96. The van der Waals surface area contributed by atoms with Crippen LogP contribution in [0.5, 0.6) is 11.5 Å². The Labute approximate surface area is 204 Å². The number of halogens is 2. The third-order valence-electron chi connectivity index (χ3n) is 5.46. The Morgan fingerprint density at radius 2 is 1.79 bits per heavy atom. The quantitative estimate of drug-likeness (QED) is 0.320. The first-order chi connectivity index (χ1) is 16.3. The van der Waals surface area contributed by atoms with E-state index in [-0.39, 0.29) is 58.1 Å². The number of hydrogen-bond donors (Lipinski definition) is 0. The van der Waals surface area contributed by atoms with Crippen molar-refractivity contribution in [2.75, 3.05) is 11.4 Å². The number of amides is 1. The zero-order valence-corrected chi connectivity index (χ0v) is 18.9. The van der Waals surface area contributed by atoms with Gasteiger partial charge in [-0.15, -0.1) is 0 Å². The molecule has 1 aliphatic rings. The molecule has 1 saturated heterocycles. The van der Waals surface area contributed by atoms with Gasteiger partial charge in [-0.25, -0.2) is 0 Å². The smallest absolute Gasteiger partial charge is 0.289 e. The van der Waals surface area contributed by atoms with E-state index in [1.165, 1.54) is 23.1 Å². The highest BCUT2D eigenvalue weighted by molar-refractivity contribution is 6.33. The van der Waals surface area contributed by atoms with Crippen LogP contribution in [0.4, 0.5) is 11.4 Å². The van der Waals surface area contributed by atoms with Crippen molar-refractivity contribution in [2.45, 2.75) is 12.3 Å². The number of nitriles is 2. The molecule has 1 aliphatic heterocycles. The SMILES string of the molecule is N#Cc1ccc(N2CC(c3ccc(Cl)c(Oc4c(Cl)cccc4C#N)c3)CC2=O)cc1[N+](=O)[O-]. The number of anilines is 1. The van der Waals surface area contributed by atoms with Gasteiger partial charge >= 0.3 is 0 Å². The molecular weight excluding hydrogens is 479 g/mol. The van der Waals surface area contributed by atoms with E-state index in [0.717, 1.165) is 5.56 Å². The van der Waals surface area contributed by atoms with Crippen LogP contribution in [0.25, 0.3) is 0 Å². The normalized spacial score (nSPS) is 15.0. The van der Waals surface area contributed by atoms with E-state index in [9.17, 15) is 20.2 Å². The molecule has 3 aromatic carbocycles. The number of para-hydroxylation sites is 1. The Morgan fingerprint density at radius 1 is 1.03 bits per heavy atom. The van der Waals surface area contributed by atoms with Gasteiger partial charge in [-0.2, -0.15) is 10.5 Å². The minimum absolute atomic E-state index is 0.0762. The molecule has 0 saturated carbocycles. The average Bonchev–Trinajstić information content (AvgIpc) is 3.22. The lowest BCUT2D eigenvalue weighted by molar-refractivity contribution is -0.385. The van der Waals surface area contributed by atoms with Crippen molar-refractivity contribution in [1.82, 2.24) is 0 Å². The number of nitro benzene ring substituents is 1. The molecule has 8 nitrogen and oxygen atoms in total. The van der Waals surface area contributed by atoms with Crippen molar-refractivity contribution in [3.05, 3.63) is 91.4 Å². The Hall–Kier alpha value is -4.11. The van der Waals surface area contributed by atoms with Crippen molar-refractivity contribution in [1.29, 1.82) is 10.5 Å². The van der Waals surface area contributed by atoms with Gasteiger partial charge in [0.1, 0.15) is 23.5 Å². The van der Waals surface area contributed by atoms with Gasteiger partial charge in [0.15, 0.2) is 5.75 Å². The molecule has 1 unspecified atom stereocenters.